The fourth-order valence-electron chi connectivity index (χ4n) is 4.44. The molecule has 1 amide bonds. The first-order valence-corrected chi connectivity index (χ1v) is 13.0. The molecule has 5 rings (SSSR count). The number of para-hydroxylation sites is 1. The Morgan fingerprint density at radius 1 is 0.789 bits per heavy atom. The molecule has 0 aliphatic carbocycles. The molecule has 5 aromatic rings. The van der Waals surface area contributed by atoms with Crippen molar-refractivity contribution in [2.24, 2.45) is 0 Å². The monoisotopic (exact) mass is 524 g/mol. The van der Waals surface area contributed by atoms with Crippen LogP contribution in [0.25, 0.3) is 11.0 Å². The number of hydrogen-bond donors (Lipinski definition) is 1. The largest absolute Gasteiger partial charge is 0.444 e. The molecule has 1 N–H and O–H groups in total. The van der Waals surface area contributed by atoms with E-state index in [0.717, 1.165) is 24.2 Å². The first kappa shape index (κ1) is 25.5. The molecule has 0 atom stereocenters. The van der Waals surface area contributed by atoms with Gasteiger partial charge in [0.25, 0.3) is 0 Å². The van der Waals surface area contributed by atoms with Crippen LogP contribution in [0.3, 0.4) is 0 Å². The summed E-state index contributed by atoms with van der Waals surface area (Å²) in [4.78, 5) is 19.7. The number of carbonyl (C=O) groups is 1. The highest BCUT2D eigenvalue weighted by atomic mass is 35.5. The molecule has 192 valence electrons. The third kappa shape index (κ3) is 6.59. The predicted octanol–water partition coefficient (Wildman–Crippen LogP) is 7.14. The number of rotatable bonds is 10. The standard InChI is InChI=1S/C31H29ClN4O2/c32-27-17-10-18-28-29(27)36(30(33-28)34-31(37)38-23-26-15-8-3-9-16-26)20-19-35(21-24-11-4-1-5-12-24)22-25-13-6-2-7-14-25/h1-18H,19-23H2,(H,33,34,37). The Morgan fingerprint density at radius 2 is 1.37 bits per heavy atom. The number of anilines is 1. The Hall–Kier alpha value is -4.13. The van der Waals surface area contributed by atoms with E-state index in [1.165, 1.54) is 11.1 Å². The molecule has 4 aromatic carbocycles. The van der Waals surface area contributed by atoms with Gasteiger partial charge >= 0.3 is 6.09 Å². The molecule has 38 heavy (non-hydrogen) atoms. The molecular formula is C31H29ClN4O2. The number of nitrogens with one attached hydrogen (secondary N) is 1. The lowest BCUT2D eigenvalue weighted by atomic mass is 10.1. The minimum Gasteiger partial charge on any atom is -0.444 e. The highest BCUT2D eigenvalue weighted by molar-refractivity contribution is 6.35. The van der Waals surface area contributed by atoms with Crippen LogP contribution in [0, 0.1) is 0 Å². The average molecular weight is 525 g/mol. The van der Waals surface area contributed by atoms with Gasteiger partial charge in [0.15, 0.2) is 0 Å². The molecule has 0 fully saturated rings. The molecule has 0 spiro atoms. The minimum atomic E-state index is -0.563. The maximum atomic E-state index is 12.7. The van der Waals surface area contributed by atoms with Crippen LogP contribution in [0.4, 0.5) is 10.7 Å². The molecular weight excluding hydrogens is 496 g/mol. The van der Waals surface area contributed by atoms with Crippen LogP contribution >= 0.6 is 11.6 Å². The molecule has 0 aliphatic rings. The second kappa shape index (κ2) is 12.4. The van der Waals surface area contributed by atoms with Crippen molar-refractivity contribution in [1.29, 1.82) is 0 Å². The number of benzene rings is 4. The molecule has 0 unspecified atom stereocenters. The Labute approximate surface area is 227 Å². The normalized spacial score (nSPS) is 11.1. The lowest BCUT2D eigenvalue weighted by Gasteiger charge is -2.23. The zero-order valence-electron chi connectivity index (χ0n) is 21.0. The lowest BCUT2D eigenvalue weighted by Crippen LogP contribution is -2.27. The Bertz CT molecular complexity index is 1430. The summed E-state index contributed by atoms with van der Waals surface area (Å²) in [6, 6.07) is 36.0. The van der Waals surface area contributed by atoms with Crippen molar-refractivity contribution in [3.63, 3.8) is 0 Å². The third-order valence-corrected chi connectivity index (χ3v) is 6.59. The summed E-state index contributed by atoms with van der Waals surface area (Å²) in [7, 11) is 0. The molecule has 1 heterocycles. The number of halogens is 1. The van der Waals surface area contributed by atoms with Crippen LogP contribution in [0.15, 0.2) is 109 Å². The molecule has 7 heteroatoms. The number of amides is 1. The first-order chi connectivity index (χ1) is 18.7. The maximum absolute atomic E-state index is 12.7. The Morgan fingerprint density at radius 3 is 1.97 bits per heavy atom. The van der Waals surface area contributed by atoms with Gasteiger partial charge < -0.3 is 9.30 Å². The number of aromatic nitrogens is 2. The van der Waals surface area contributed by atoms with Crippen molar-refractivity contribution in [2.75, 3.05) is 11.9 Å². The molecule has 0 saturated carbocycles. The number of carbonyl (C=O) groups excluding carboxylic acids is 1. The van der Waals surface area contributed by atoms with E-state index in [-0.39, 0.29) is 6.61 Å². The van der Waals surface area contributed by atoms with Gasteiger partial charge in [0, 0.05) is 26.2 Å². The van der Waals surface area contributed by atoms with E-state index < -0.39 is 6.09 Å². The van der Waals surface area contributed by atoms with Crippen LogP contribution in [0.2, 0.25) is 5.02 Å². The fourth-order valence-corrected chi connectivity index (χ4v) is 4.72. The summed E-state index contributed by atoms with van der Waals surface area (Å²) < 4.78 is 7.41. The SMILES string of the molecule is O=C(Nc1nc2cccc(Cl)c2n1CCN(Cc1ccccc1)Cc1ccccc1)OCc1ccccc1. The van der Waals surface area contributed by atoms with Gasteiger partial charge in [-0.15, -0.1) is 0 Å². The highest BCUT2D eigenvalue weighted by Gasteiger charge is 2.18. The minimum absolute atomic E-state index is 0.176. The molecule has 1 aromatic heterocycles. The van der Waals surface area contributed by atoms with Crippen molar-refractivity contribution < 1.29 is 9.53 Å². The van der Waals surface area contributed by atoms with Crippen LogP contribution in [0.5, 0.6) is 0 Å². The van der Waals surface area contributed by atoms with Gasteiger partial charge in [-0.3, -0.25) is 10.2 Å². The summed E-state index contributed by atoms with van der Waals surface area (Å²) >= 11 is 6.61. The van der Waals surface area contributed by atoms with Crippen LogP contribution in [-0.2, 0) is 31.0 Å². The Kier molecular flexibility index (Phi) is 8.33. The summed E-state index contributed by atoms with van der Waals surface area (Å²) in [6.45, 7) is 3.05. The fraction of sp³-hybridized carbons (Fsp3) is 0.161. The maximum Gasteiger partial charge on any atom is 0.414 e. The zero-order chi connectivity index (χ0) is 26.2. The van der Waals surface area contributed by atoms with Gasteiger partial charge in [0.1, 0.15) is 6.61 Å². The van der Waals surface area contributed by atoms with Crippen molar-refractivity contribution in [2.45, 2.75) is 26.2 Å². The topological polar surface area (TPSA) is 59.4 Å². The summed E-state index contributed by atoms with van der Waals surface area (Å²) in [5, 5.41) is 3.42. The van der Waals surface area contributed by atoms with Crippen LogP contribution < -0.4 is 5.32 Å². The smallest absolute Gasteiger partial charge is 0.414 e. The Balaban J connectivity index is 1.36. The van der Waals surface area contributed by atoms with E-state index in [2.05, 4.69) is 63.7 Å². The molecule has 0 radical (unpaired) electrons. The van der Waals surface area contributed by atoms with Gasteiger partial charge in [0.2, 0.25) is 5.95 Å². The molecule has 6 nitrogen and oxygen atoms in total. The van der Waals surface area contributed by atoms with Crippen molar-refractivity contribution in [1.82, 2.24) is 14.5 Å². The van der Waals surface area contributed by atoms with E-state index in [9.17, 15) is 4.79 Å². The van der Waals surface area contributed by atoms with Gasteiger partial charge in [-0.05, 0) is 28.8 Å². The van der Waals surface area contributed by atoms with Crippen molar-refractivity contribution >= 4 is 34.7 Å². The molecule has 0 aliphatic heterocycles. The van der Waals surface area contributed by atoms with Crippen molar-refractivity contribution in [3.05, 3.63) is 131 Å². The first-order valence-electron chi connectivity index (χ1n) is 12.6. The molecule has 0 saturated heterocycles. The van der Waals surface area contributed by atoms with Crippen molar-refractivity contribution in [3.8, 4) is 0 Å². The number of fused-ring (bicyclic) bond motifs is 1. The van der Waals surface area contributed by atoms with Crippen LogP contribution in [-0.4, -0.2) is 27.1 Å². The average Bonchev–Trinajstić information content (AvgIpc) is 3.30. The van der Waals surface area contributed by atoms with E-state index in [0.29, 0.717) is 29.6 Å². The second-order valence-electron chi connectivity index (χ2n) is 9.06. The van der Waals surface area contributed by atoms with E-state index in [4.69, 9.17) is 16.3 Å². The van der Waals surface area contributed by atoms with Gasteiger partial charge in [-0.1, -0.05) is 109 Å². The number of imidazole rings is 1. The quantitative estimate of drug-likeness (QED) is 0.211. The second-order valence-corrected chi connectivity index (χ2v) is 9.47. The third-order valence-electron chi connectivity index (χ3n) is 6.28. The summed E-state index contributed by atoms with van der Waals surface area (Å²) in [5.41, 5.74) is 4.89. The number of ether oxygens (including phenoxy) is 1. The van der Waals surface area contributed by atoms with E-state index in [1.807, 2.05) is 65.2 Å². The highest BCUT2D eigenvalue weighted by Crippen LogP contribution is 2.27. The zero-order valence-corrected chi connectivity index (χ0v) is 21.7. The van der Waals surface area contributed by atoms with E-state index >= 15 is 0 Å². The summed E-state index contributed by atoms with van der Waals surface area (Å²) in [6.07, 6.45) is -0.563. The lowest BCUT2D eigenvalue weighted by molar-refractivity contribution is 0.154. The van der Waals surface area contributed by atoms with E-state index in [1.54, 1.807) is 0 Å². The predicted molar refractivity (Wildman–Crippen MR) is 152 cm³/mol. The number of nitrogens with zero attached hydrogens (tertiary/aromatic N) is 3. The molecule has 0 bridgehead atoms. The van der Waals surface area contributed by atoms with Gasteiger partial charge in [-0.25, -0.2) is 9.78 Å². The number of hydrogen-bond acceptors (Lipinski definition) is 4. The van der Waals surface area contributed by atoms with Crippen LogP contribution in [0.1, 0.15) is 16.7 Å². The van der Waals surface area contributed by atoms with Gasteiger partial charge in [-0.2, -0.15) is 0 Å². The van der Waals surface area contributed by atoms with Gasteiger partial charge in [0.05, 0.1) is 16.1 Å². The summed E-state index contributed by atoms with van der Waals surface area (Å²) in [5.74, 6) is 0.408.